The molecule has 1 N–H and O–H groups in total. The van der Waals surface area contributed by atoms with Crippen LogP contribution in [0.1, 0.15) is 63.3 Å². The zero-order valence-corrected chi connectivity index (χ0v) is 18.8. The minimum absolute atomic E-state index is 0.0523. The lowest BCUT2D eigenvalue weighted by molar-refractivity contribution is 0.0473. The van der Waals surface area contributed by atoms with Gasteiger partial charge in [0.15, 0.2) is 5.78 Å². The maximum absolute atomic E-state index is 12.3. The highest BCUT2D eigenvalue weighted by Gasteiger charge is 2.28. The molecule has 1 heterocycles. The number of hydrogen-bond acceptors (Lipinski definition) is 7. The molecule has 0 bridgehead atoms. The van der Waals surface area contributed by atoms with Crippen LogP contribution in [0.3, 0.4) is 0 Å². The van der Waals surface area contributed by atoms with Crippen LogP contribution in [-0.2, 0) is 4.74 Å². The van der Waals surface area contributed by atoms with Crippen molar-refractivity contribution in [2.45, 2.75) is 57.9 Å². The number of hydrogen-bond donors (Lipinski definition) is 1. The summed E-state index contributed by atoms with van der Waals surface area (Å²) in [4.78, 5) is 24.5. The molecule has 0 unspecified atom stereocenters. The van der Waals surface area contributed by atoms with Gasteiger partial charge in [0.1, 0.15) is 11.6 Å². The average molecular weight is 440 g/mol. The molecule has 0 spiro atoms. The molecule has 1 aromatic carbocycles. The number of benzene rings is 1. The Hall–Kier alpha value is -2.06. The highest BCUT2D eigenvalue weighted by atomic mass is 35.5. The van der Waals surface area contributed by atoms with Crippen LogP contribution < -0.4 is 5.32 Å². The molecule has 0 fully saturated rings. The Labute approximate surface area is 179 Å². The molecular weight excluding hydrogens is 414 g/mol. The number of halogens is 1. The number of nitrogens with one attached hydrogen (secondary N) is 1. The lowest BCUT2D eigenvalue weighted by Gasteiger charge is -2.24. The van der Waals surface area contributed by atoms with Crippen molar-refractivity contribution in [1.29, 1.82) is 0 Å². The third kappa shape index (κ3) is 7.36. The second kappa shape index (κ2) is 10.1. The number of amides is 1. The quantitative estimate of drug-likeness (QED) is 0.439. The first-order valence-corrected chi connectivity index (χ1v) is 10.7. The van der Waals surface area contributed by atoms with Crippen LogP contribution in [0.25, 0.3) is 0 Å². The standard InChI is InChI=1S/C20H26ClN3O4S/c1-6-12(2)16(22-18(26)28-20(3,4)5)17-23-24-19(27-17)29-11-15(25)13-7-9-14(21)10-8-13/h7-10,12,16H,6,11H2,1-5H3,(H,22,26)/t12-,16+/m1/s1. The predicted octanol–water partition coefficient (Wildman–Crippen LogP) is 5.31. The van der Waals surface area contributed by atoms with Crippen molar-refractivity contribution < 1.29 is 18.7 Å². The van der Waals surface area contributed by atoms with Gasteiger partial charge in [0.2, 0.25) is 5.89 Å². The van der Waals surface area contributed by atoms with Gasteiger partial charge in [-0.1, -0.05) is 43.6 Å². The summed E-state index contributed by atoms with van der Waals surface area (Å²) in [7, 11) is 0. The number of Topliss-reactive ketones (excluding diaryl/α,β-unsaturated/α-hetero) is 1. The molecule has 1 aromatic heterocycles. The largest absolute Gasteiger partial charge is 0.444 e. The lowest BCUT2D eigenvalue weighted by atomic mass is 9.99. The van der Waals surface area contributed by atoms with Crippen molar-refractivity contribution in [3.8, 4) is 0 Å². The first-order valence-electron chi connectivity index (χ1n) is 9.33. The molecule has 158 valence electrons. The van der Waals surface area contributed by atoms with E-state index in [1.807, 2.05) is 13.8 Å². The Morgan fingerprint density at radius 2 is 1.90 bits per heavy atom. The van der Waals surface area contributed by atoms with Gasteiger partial charge in [-0.05, 0) is 51.0 Å². The smallest absolute Gasteiger partial charge is 0.408 e. The molecular formula is C20H26ClN3O4S. The van der Waals surface area contributed by atoms with E-state index in [1.54, 1.807) is 45.0 Å². The summed E-state index contributed by atoms with van der Waals surface area (Å²) in [6.45, 7) is 9.37. The van der Waals surface area contributed by atoms with E-state index in [0.29, 0.717) is 10.6 Å². The molecule has 0 aliphatic rings. The number of rotatable bonds is 8. The molecule has 0 aliphatic heterocycles. The van der Waals surface area contributed by atoms with Crippen molar-refractivity contribution in [2.24, 2.45) is 5.92 Å². The summed E-state index contributed by atoms with van der Waals surface area (Å²) < 4.78 is 11.0. The van der Waals surface area contributed by atoms with E-state index in [-0.39, 0.29) is 28.6 Å². The van der Waals surface area contributed by atoms with Crippen molar-refractivity contribution in [3.63, 3.8) is 0 Å². The summed E-state index contributed by atoms with van der Waals surface area (Å²) >= 11 is 6.99. The number of ether oxygens (including phenoxy) is 1. The number of carbonyl (C=O) groups is 2. The number of alkyl carbamates (subject to hydrolysis) is 1. The predicted molar refractivity (Wildman–Crippen MR) is 112 cm³/mol. The van der Waals surface area contributed by atoms with Gasteiger partial charge in [0, 0.05) is 10.6 Å². The Bertz CT molecular complexity index is 833. The maximum atomic E-state index is 12.3. The Morgan fingerprint density at radius 3 is 2.48 bits per heavy atom. The summed E-state index contributed by atoms with van der Waals surface area (Å²) in [5.74, 6) is 0.413. The van der Waals surface area contributed by atoms with Crippen LogP contribution in [0.2, 0.25) is 5.02 Å². The van der Waals surface area contributed by atoms with E-state index in [1.165, 1.54) is 0 Å². The minimum Gasteiger partial charge on any atom is -0.444 e. The van der Waals surface area contributed by atoms with Gasteiger partial charge in [-0.25, -0.2) is 4.79 Å². The molecule has 0 radical (unpaired) electrons. The third-order valence-electron chi connectivity index (χ3n) is 4.07. The lowest BCUT2D eigenvalue weighted by Crippen LogP contribution is -2.37. The molecule has 1 amide bonds. The first kappa shape index (κ1) is 23.2. The van der Waals surface area contributed by atoms with Crippen molar-refractivity contribution in [2.75, 3.05) is 5.75 Å². The van der Waals surface area contributed by atoms with E-state index < -0.39 is 17.7 Å². The average Bonchev–Trinajstić information content (AvgIpc) is 3.11. The van der Waals surface area contributed by atoms with E-state index in [2.05, 4.69) is 15.5 Å². The summed E-state index contributed by atoms with van der Waals surface area (Å²) in [6, 6.07) is 6.21. The SMILES string of the molecule is CC[C@@H](C)[C@H](NC(=O)OC(C)(C)C)c1nnc(SCC(=O)c2ccc(Cl)cc2)o1. The number of ketones is 1. The second-order valence-corrected chi connectivity index (χ2v) is 9.00. The van der Waals surface area contributed by atoms with Crippen LogP contribution in [-0.4, -0.2) is 33.4 Å². The fourth-order valence-corrected chi connectivity index (χ4v) is 3.16. The topological polar surface area (TPSA) is 94.3 Å². The zero-order chi connectivity index (χ0) is 21.6. The molecule has 7 nitrogen and oxygen atoms in total. The van der Waals surface area contributed by atoms with Gasteiger partial charge < -0.3 is 14.5 Å². The number of nitrogens with zero attached hydrogens (tertiary/aromatic N) is 2. The van der Waals surface area contributed by atoms with Crippen LogP contribution in [0.15, 0.2) is 33.9 Å². The Kier molecular flexibility index (Phi) is 8.10. The van der Waals surface area contributed by atoms with E-state index in [4.69, 9.17) is 20.8 Å². The van der Waals surface area contributed by atoms with E-state index in [0.717, 1.165) is 18.2 Å². The highest BCUT2D eigenvalue weighted by molar-refractivity contribution is 7.99. The van der Waals surface area contributed by atoms with Crippen molar-refractivity contribution >= 4 is 35.2 Å². The maximum Gasteiger partial charge on any atom is 0.408 e. The molecule has 2 atom stereocenters. The van der Waals surface area contributed by atoms with Crippen molar-refractivity contribution in [3.05, 3.63) is 40.7 Å². The van der Waals surface area contributed by atoms with Gasteiger partial charge in [0.25, 0.3) is 5.22 Å². The fourth-order valence-electron chi connectivity index (χ4n) is 2.37. The molecule has 29 heavy (non-hydrogen) atoms. The van der Waals surface area contributed by atoms with Crippen LogP contribution in [0, 0.1) is 5.92 Å². The normalized spacial score (nSPS) is 13.6. The van der Waals surface area contributed by atoms with Gasteiger partial charge in [-0.3, -0.25) is 4.79 Å². The molecule has 0 saturated heterocycles. The Morgan fingerprint density at radius 1 is 1.24 bits per heavy atom. The van der Waals surface area contributed by atoms with Crippen LogP contribution in [0.4, 0.5) is 4.79 Å². The van der Waals surface area contributed by atoms with E-state index in [9.17, 15) is 9.59 Å². The summed E-state index contributed by atoms with van der Waals surface area (Å²) in [5, 5.41) is 11.7. The van der Waals surface area contributed by atoms with Crippen LogP contribution >= 0.6 is 23.4 Å². The van der Waals surface area contributed by atoms with Gasteiger partial charge in [-0.2, -0.15) is 0 Å². The molecule has 9 heteroatoms. The highest BCUT2D eigenvalue weighted by Crippen LogP contribution is 2.27. The Balaban J connectivity index is 2.02. The zero-order valence-electron chi connectivity index (χ0n) is 17.2. The van der Waals surface area contributed by atoms with Crippen molar-refractivity contribution in [1.82, 2.24) is 15.5 Å². The van der Waals surface area contributed by atoms with Gasteiger partial charge in [-0.15, -0.1) is 10.2 Å². The molecule has 2 aromatic rings. The third-order valence-corrected chi connectivity index (χ3v) is 5.14. The van der Waals surface area contributed by atoms with Gasteiger partial charge >= 0.3 is 6.09 Å². The molecule has 0 saturated carbocycles. The number of carbonyl (C=O) groups excluding carboxylic acids is 2. The number of thioether (sulfide) groups is 1. The van der Waals surface area contributed by atoms with E-state index >= 15 is 0 Å². The fraction of sp³-hybridized carbons (Fsp3) is 0.500. The second-order valence-electron chi connectivity index (χ2n) is 7.63. The first-order chi connectivity index (χ1) is 13.6. The van der Waals surface area contributed by atoms with Gasteiger partial charge in [0.05, 0.1) is 5.75 Å². The molecule has 2 rings (SSSR count). The molecule has 0 aliphatic carbocycles. The minimum atomic E-state index is -0.609. The summed E-state index contributed by atoms with van der Waals surface area (Å²) in [6.07, 6.45) is 0.244. The van der Waals surface area contributed by atoms with Crippen LogP contribution in [0.5, 0.6) is 0 Å². The monoisotopic (exact) mass is 439 g/mol. The summed E-state index contributed by atoms with van der Waals surface area (Å²) in [5.41, 5.74) is -0.0483. The number of aromatic nitrogens is 2.